The Kier molecular flexibility index (Phi) is 13.9. The lowest BCUT2D eigenvalue weighted by atomic mass is 10.0. The normalized spacial score (nSPS) is 11.6. The first-order valence-corrected chi connectivity index (χ1v) is 12.4. The van der Waals surface area contributed by atoms with Crippen molar-refractivity contribution in [2.75, 3.05) is 6.61 Å². The van der Waals surface area contributed by atoms with Gasteiger partial charge in [0.1, 0.15) is 6.29 Å². The summed E-state index contributed by atoms with van der Waals surface area (Å²) in [5.41, 5.74) is 1.03. The van der Waals surface area contributed by atoms with Crippen molar-refractivity contribution in [2.45, 2.75) is 102 Å². The molecule has 0 aliphatic rings. The van der Waals surface area contributed by atoms with E-state index >= 15 is 0 Å². The van der Waals surface area contributed by atoms with E-state index in [9.17, 15) is 13.2 Å². The highest BCUT2D eigenvalue weighted by Gasteiger charge is 2.14. The van der Waals surface area contributed by atoms with Crippen LogP contribution in [0.4, 0.5) is 0 Å². The molecule has 1 aromatic rings. The standard InChI is InChI=1S/C23H38O4S/c1-22-16-18-23(19-17-22)28(25,26)27-21-15-13-11-9-7-5-3-2-4-6-8-10-12-14-20-24/h16-20H,2-15,21H2,1H3. The molecular formula is C23H38O4S. The molecule has 160 valence electrons. The zero-order valence-corrected chi connectivity index (χ0v) is 18.4. The Morgan fingerprint density at radius 2 is 1.14 bits per heavy atom. The lowest BCUT2D eigenvalue weighted by Crippen LogP contribution is -2.07. The molecule has 0 amide bonds. The lowest BCUT2D eigenvalue weighted by Gasteiger charge is -2.06. The molecule has 1 aromatic carbocycles. The van der Waals surface area contributed by atoms with Crippen molar-refractivity contribution in [1.29, 1.82) is 0 Å². The Balaban J connectivity index is 1.89. The topological polar surface area (TPSA) is 60.4 Å². The van der Waals surface area contributed by atoms with E-state index in [1.54, 1.807) is 24.3 Å². The number of carbonyl (C=O) groups excluding carboxylic acids is 1. The SMILES string of the molecule is Cc1ccc(S(=O)(=O)OCCCCCCCCCCCCCCCC=O)cc1. The molecule has 0 heterocycles. The fourth-order valence-corrected chi connectivity index (χ4v) is 4.16. The predicted molar refractivity (Wildman–Crippen MR) is 115 cm³/mol. The molecule has 0 bridgehead atoms. The van der Waals surface area contributed by atoms with E-state index in [4.69, 9.17) is 4.18 Å². The molecule has 0 radical (unpaired) electrons. The van der Waals surface area contributed by atoms with Gasteiger partial charge in [0.05, 0.1) is 11.5 Å². The molecule has 0 aliphatic carbocycles. The van der Waals surface area contributed by atoms with E-state index in [0.717, 1.165) is 37.5 Å². The first-order valence-electron chi connectivity index (χ1n) is 11.0. The van der Waals surface area contributed by atoms with E-state index in [1.165, 1.54) is 57.8 Å². The van der Waals surface area contributed by atoms with Gasteiger partial charge in [0.25, 0.3) is 10.1 Å². The summed E-state index contributed by atoms with van der Waals surface area (Å²) in [5, 5.41) is 0. The van der Waals surface area contributed by atoms with Gasteiger partial charge in [0.15, 0.2) is 0 Å². The van der Waals surface area contributed by atoms with Gasteiger partial charge in [0, 0.05) is 6.42 Å². The highest BCUT2D eigenvalue weighted by molar-refractivity contribution is 7.86. The number of aldehydes is 1. The summed E-state index contributed by atoms with van der Waals surface area (Å²) in [6.45, 7) is 2.19. The van der Waals surface area contributed by atoms with E-state index in [-0.39, 0.29) is 11.5 Å². The van der Waals surface area contributed by atoms with Gasteiger partial charge in [-0.15, -0.1) is 0 Å². The van der Waals surface area contributed by atoms with Gasteiger partial charge >= 0.3 is 0 Å². The van der Waals surface area contributed by atoms with E-state index in [0.29, 0.717) is 6.42 Å². The third kappa shape index (κ3) is 12.3. The van der Waals surface area contributed by atoms with Gasteiger partial charge in [-0.25, -0.2) is 0 Å². The summed E-state index contributed by atoms with van der Waals surface area (Å²) < 4.78 is 29.2. The number of unbranched alkanes of at least 4 members (excludes halogenated alkanes) is 13. The Morgan fingerprint density at radius 1 is 0.714 bits per heavy atom. The van der Waals surface area contributed by atoms with Crippen LogP contribution in [0.25, 0.3) is 0 Å². The maximum Gasteiger partial charge on any atom is 0.296 e. The number of benzene rings is 1. The van der Waals surface area contributed by atoms with Crippen LogP contribution in [0, 0.1) is 6.92 Å². The van der Waals surface area contributed by atoms with Crippen LogP contribution in [-0.4, -0.2) is 21.3 Å². The molecule has 0 saturated carbocycles. The molecule has 0 fully saturated rings. The van der Waals surface area contributed by atoms with Crippen LogP contribution >= 0.6 is 0 Å². The minimum Gasteiger partial charge on any atom is -0.303 e. The van der Waals surface area contributed by atoms with Crippen molar-refractivity contribution in [2.24, 2.45) is 0 Å². The highest BCUT2D eigenvalue weighted by atomic mass is 32.2. The first kappa shape index (κ1) is 24.8. The van der Waals surface area contributed by atoms with Crippen molar-refractivity contribution < 1.29 is 17.4 Å². The van der Waals surface area contributed by atoms with Crippen LogP contribution in [-0.2, 0) is 19.1 Å². The van der Waals surface area contributed by atoms with Crippen molar-refractivity contribution in [3.63, 3.8) is 0 Å². The second-order valence-electron chi connectivity index (χ2n) is 7.64. The zero-order valence-electron chi connectivity index (χ0n) is 17.5. The Bertz CT molecular complexity index is 608. The summed E-state index contributed by atoms with van der Waals surface area (Å²) in [6, 6.07) is 6.76. The quantitative estimate of drug-likeness (QED) is 0.160. The lowest BCUT2D eigenvalue weighted by molar-refractivity contribution is -0.107. The Labute approximate surface area is 172 Å². The number of hydrogen-bond acceptors (Lipinski definition) is 4. The number of carbonyl (C=O) groups is 1. The van der Waals surface area contributed by atoms with Crippen molar-refractivity contribution in [3.8, 4) is 0 Å². The predicted octanol–water partition coefficient (Wildman–Crippen LogP) is 6.36. The minimum absolute atomic E-state index is 0.235. The molecule has 0 saturated heterocycles. The van der Waals surface area contributed by atoms with Crippen LogP contribution in [0.15, 0.2) is 29.2 Å². The summed E-state index contributed by atoms with van der Waals surface area (Å²) in [7, 11) is -3.61. The zero-order chi connectivity index (χ0) is 20.5. The largest absolute Gasteiger partial charge is 0.303 e. The highest BCUT2D eigenvalue weighted by Crippen LogP contribution is 2.15. The number of rotatable bonds is 18. The molecule has 4 nitrogen and oxygen atoms in total. The second-order valence-corrected chi connectivity index (χ2v) is 9.26. The second kappa shape index (κ2) is 15.7. The van der Waals surface area contributed by atoms with Crippen LogP contribution < -0.4 is 0 Å². The molecule has 0 N–H and O–H groups in total. The summed E-state index contributed by atoms with van der Waals surface area (Å²) in [5.74, 6) is 0. The third-order valence-corrected chi connectivity index (χ3v) is 6.34. The molecule has 1 rings (SSSR count). The van der Waals surface area contributed by atoms with Crippen LogP contribution in [0.1, 0.15) is 95.5 Å². The summed E-state index contributed by atoms with van der Waals surface area (Å²) in [6.07, 6.45) is 17.2. The fourth-order valence-electron chi connectivity index (χ4n) is 3.22. The Hall–Kier alpha value is -1.20. The van der Waals surface area contributed by atoms with Crippen LogP contribution in [0.2, 0.25) is 0 Å². The molecular weight excluding hydrogens is 372 g/mol. The minimum atomic E-state index is -3.61. The van der Waals surface area contributed by atoms with Gasteiger partial charge in [-0.1, -0.05) is 88.3 Å². The van der Waals surface area contributed by atoms with Gasteiger partial charge < -0.3 is 4.79 Å². The van der Waals surface area contributed by atoms with Gasteiger partial charge in [0.2, 0.25) is 0 Å². The summed E-state index contributed by atoms with van der Waals surface area (Å²) in [4.78, 5) is 10.4. The molecule has 5 heteroatoms. The van der Waals surface area contributed by atoms with Gasteiger partial charge in [-0.05, 0) is 31.9 Å². The molecule has 0 aliphatic heterocycles. The van der Waals surface area contributed by atoms with Gasteiger partial charge in [-0.2, -0.15) is 8.42 Å². The monoisotopic (exact) mass is 410 g/mol. The summed E-state index contributed by atoms with van der Waals surface area (Å²) >= 11 is 0. The van der Waals surface area contributed by atoms with E-state index in [1.807, 2.05) is 6.92 Å². The molecule has 0 spiro atoms. The van der Waals surface area contributed by atoms with Crippen LogP contribution in [0.3, 0.4) is 0 Å². The molecule has 0 aromatic heterocycles. The molecule has 28 heavy (non-hydrogen) atoms. The fraction of sp³-hybridized carbons (Fsp3) is 0.696. The number of hydrogen-bond donors (Lipinski definition) is 0. The average molecular weight is 411 g/mol. The van der Waals surface area contributed by atoms with E-state index in [2.05, 4.69) is 0 Å². The van der Waals surface area contributed by atoms with Gasteiger partial charge in [-0.3, -0.25) is 4.18 Å². The maximum atomic E-state index is 12.1. The molecule has 0 unspecified atom stereocenters. The smallest absolute Gasteiger partial charge is 0.296 e. The van der Waals surface area contributed by atoms with Crippen molar-refractivity contribution in [1.82, 2.24) is 0 Å². The van der Waals surface area contributed by atoms with Crippen molar-refractivity contribution in [3.05, 3.63) is 29.8 Å². The average Bonchev–Trinajstić information content (AvgIpc) is 2.68. The van der Waals surface area contributed by atoms with E-state index < -0.39 is 10.1 Å². The molecule has 0 atom stereocenters. The maximum absolute atomic E-state index is 12.1. The van der Waals surface area contributed by atoms with Crippen molar-refractivity contribution >= 4 is 16.4 Å². The first-order chi connectivity index (χ1) is 13.6. The third-order valence-electron chi connectivity index (χ3n) is 5.01. The number of aryl methyl sites for hydroxylation is 1. The van der Waals surface area contributed by atoms with Crippen LogP contribution in [0.5, 0.6) is 0 Å². The Morgan fingerprint density at radius 3 is 1.61 bits per heavy atom.